The Bertz CT molecular complexity index is 796. The third-order valence-corrected chi connectivity index (χ3v) is 3.73. The van der Waals surface area contributed by atoms with Gasteiger partial charge in [0.2, 0.25) is 0 Å². The van der Waals surface area contributed by atoms with Crippen LogP contribution < -0.4 is 15.2 Å². The molecule has 0 unspecified atom stereocenters. The van der Waals surface area contributed by atoms with E-state index in [0.717, 1.165) is 45.2 Å². The molecule has 0 bridgehead atoms. The molecule has 3 aromatic rings. The van der Waals surface area contributed by atoms with Crippen LogP contribution in [0.25, 0.3) is 22.4 Å². The van der Waals surface area contributed by atoms with Crippen LogP contribution in [0.5, 0.6) is 11.5 Å². The van der Waals surface area contributed by atoms with Gasteiger partial charge in [0.25, 0.3) is 0 Å². The number of H-pyrrole nitrogens is 1. The molecule has 2 aromatic carbocycles. The highest BCUT2D eigenvalue weighted by atomic mass is 16.6. The van der Waals surface area contributed by atoms with Gasteiger partial charge in [-0.25, -0.2) is 4.98 Å². The number of aromatic nitrogens is 2. The van der Waals surface area contributed by atoms with Crippen LogP contribution in [0.15, 0.2) is 30.3 Å². The summed E-state index contributed by atoms with van der Waals surface area (Å²) in [5, 5.41) is 0. The lowest BCUT2D eigenvalue weighted by Gasteiger charge is -2.17. The van der Waals surface area contributed by atoms with Gasteiger partial charge >= 0.3 is 0 Å². The molecular formula is C16H15N3O2. The van der Waals surface area contributed by atoms with E-state index in [0.29, 0.717) is 13.2 Å². The fourth-order valence-electron chi connectivity index (χ4n) is 2.56. The van der Waals surface area contributed by atoms with Crippen molar-refractivity contribution in [3.05, 3.63) is 35.9 Å². The second-order valence-corrected chi connectivity index (χ2v) is 5.13. The normalized spacial score (nSPS) is 13.6. The third-order valence-electron chi connectivity index (χ3n) is 3.73. The summed E-state index contributed by atoms with van der Waals surface area (Å²) in [6.45, 7) is 3.13. The number of aryl methyl sites for hydroxylation is 1. The van der Waals surface area contributed by atoms with E-state index in [9.17, 15) is 0 Å². The number of fused-ring (bicyclic) bond motifs is 2. The van der Waals surface area contributed by atoms with E-state index < -0.39 is 0 Å². The van der Waals surface area contributed by atoms with Gasteiger partial charge in [-0.1, -0.05) is 12.1 Å². The fourth-order valence-corrected chi connectivity index (χ4v) is 2.56. The molecule has 3 N–H and O–H groups in total. The maximum Gasteiger partial charge on any atom is 0.163 e. The Morgan fingerprint density at radius 1 is 1.14 bits per heavy atom. The van der Waals surface area contributed by atoms with E-state index in [4.69, 9.17) is 15.2 Å². The van der Waals surface area contributed by atoms with Gasteiger partial charge in [-0.2, -0.15) is 0 Å². The molecule has 106 valence electrons. The largest absolute Gasteiger partial charge is 0.486 e. The van der Waals surface area contributed by atoms with Crippen LogP contribution in [0, 0.1) is 6.92 Å². The van der Waals surface area contributed by atoms with Crippen molar-refractivity contribution < 1.29 is 9.47 Å². The average Bonchev–Trinajstić information content (AvgIpc) is 2.90. The van der Waals surface area contributed by atoms with Gasteiger partial charge in [-0.15, -0.1) is 0 Å². The summed E-state index contributed by atoms with van der Waals surface area (Å²) < 4.78 is 11.2. The zero-order valence-corrected chi connectivity index (χ0v) is 11.6. The Kier molecular flexibility index (Phi) is 2.54. The number of para-hydroxylation sites is 1. The maximum atomic E-state index is 6.15. The minimum atomic E-state index is 0.570. The standard InChI is InChI=1S/C16H15N3O2/c1-9-3-2-4-10(15(9)17)16-18-11-7-13-14(8-12(11)19-16)21-6-5-20-13/h2-4,7-8H,5-6,17H2,1H3,(H,18,19). The summed E-state index contributed by atoms with van der Waals surface area (Å²) in [6.07, 6.45) is 0. The number of rotatable bonds is 1. The van der Waals surface area contributed by atoms with Crippen LogP contribution in [-0.4, -0.2) is 23.2 Å². The van der Waals surface area contributed by atoms with Crippen LogP contribution in [0.1, 0.15) is 5.56 Å². The molecule has 4 rings (SSSR count). The number of imidazole rings is 1. The predicted molar refractivity (Wildman–Crippen MR) is 81.7 cm³/mol. The number of nitrogens with two attached hydrogens (primary N) is 1. The minimum Gasteiger partial charge on any atom is -0.486 e. The Hall–Kier alpha value is -2.69. The summed E-state index contributed by atoms with van der Waals surface area (Å²) in [4.78, 5) is 7.93. The summed E-state index contributed by atoms with van der Waals surface area (Å²) in [7, 11) is 0. The molecule has 0 saturated carbocycles. The highest BCUT2D eigenvalue weighted by Crippen LogP contribution is 2.35. The van der Waals surface area contributed by atoms with E-state index >= 15 is 0 Å². The van der Waals surface area contributed by atoms with E-state index in [-0.39, 0.29) is 0 Å². The number of ether oxygens (including phenoxy) is 2. The Balaban J connectivity index is 1.89. The first-order chi connectivity index (χ1) is 10.2. The number of hydrogen-bond acceptors (Lipinski definition) is 4. The zero-order chi connectivity index (χ0) is 14.4. The number of benzene rings is 2. The van der Waals surface area contributed by atoms with Crippen molar-refractivity contribution in [2.24, 2.45) is 0 Å². The summed E-state index contributed by atoms with van der Waals surface area (Å²) >= 11 is 0. The summed E-state index contributed by atoms with van der Waals surface area (Å²) in [5.74, 6) is 2.25. The van der Waals surface area contributed by atoms with Crippen molar-refractivity contribution in [2.45, 2.75) is 6.92 Å². The lowest BCUT2D eigenvalue weighted by molar-refractivity contribution is 0.172. The number of nitrogen functional groups attached to an aromatic ring is 1. The second-order valence-electron chi connectivity index (χ2n) is 5.13. The molecule has 21 heavy (non-hydrogen) atoms. The molecule has 2 heterocycles. The molecule has 1 aliphatic rings. The molecule has 0 saturated heterocycles. The predicted octanol–water partition coefficient (Wildman–Crippen LogP) is 2.89. The molecule has 0 fully saturated rings. The van der Waals surface area contributed by atoms with Crippen molar-refractivity contribution in [3.63, 3.8) is 0 Å². The van der Waals surface area contributed by atoms with Crippen molar-refractivity contribution >= 4 is 16.7 Å². The van der Waals surface area contributed by atoms with Crippen molar-refractivity contribution in [3.8, 4) is 22.9 Å². The van der Waals surface area contributed by atoms with E-state index in [2.05, 4.69) is 9.97 Å². The molecule has 0 radical (unpaired) electrons. The van der Waals surface area contributed by atoms with E-state index in [1.54, 1.807) is 0 Å². The molecular weight excluding hydrogens is 266 g/mol. The van der Waals surface area contributed by atoms with E-state index in [1.165, 1.54) is 0 Å². The van der Waals surface area contributed by atoms with Gasteiger partial charge in [0.05, 0.1) is 11.0 Å². The Labute approximate surface area is 121 Å². The number of hydrogen-bond donors (Lipinski definition) is 2. The zero-order valence-electron chi connectivity index (χ0n) is 11.6. The van der Waals surface area contributed by atoms with Crippen molar-refractivity contribution in [2.75, 3.05) is 18.9 Å². The fraction of sp³-hybridized carbons (Fsp3) is 0.188. The monoisotopic (exact) mass is 281 g/mol. The highest BCUT2D eigenvalue weighted by Gasteiger charge is 2.16. The van der Waals surface area contributed by atoms with Gasteiger partial charge in [0.15, 0.2) is 11.5 Å². The highest BCUT2D eigenvalue weighted by molar-refractivity contribution is 5.85. The van der Waals surface area contributed by atoms with E-state index in [1.807, 2.05) is 37.3 Å². The number of aromatic amines is 1. The van der Waals surface area contributed by atoms with Crippen molar-refractivity contribution in [1.82, 2.24) is 9.97 Å². The molecule has 5 nitrogen and oxygen atoms in total. The minimum absolute atomic E-state index is 0.570. The van der Waals surface area contributed by atoms with Crippen LogP contribution in [0.4, 0.5) is 5.69 Å². The number of nitrogens with one attached hydrogen (secondary N) is 1. The van der Waals surface area contributed by atoms with Crippen molar-refractivity contribution in [1.29, 1.82) is 0 Å². The third kappa shape index (κ3) is 1.89. The van der Waals surface area contributed by atoms with Crippen LogP contribution in [-0.2, 0) is 0 Å². The summed E-state index contributed by atoms with van der Waals surface area (Å²) in [6, 6.07) is 9.75. The molecule has 0 aliphatic carbocycles. The first kappa shape index (κ1) is 12.1. The topological polar surface area (TPSA) is 73.2 Å². The molecule has 5 heteroatoms. The molecule has 0 atom stereocenters. The quantitative estimate of drug-likeness (QED) is 0.673. The Morgan fingerprint density at radius 3 is 2.71 bits per heavy atom. The van der Waals surface area contributed by atoms with Crippen LogP contribution in [0.3, 0.4) is 0 Å². The smallest absolute Gasteiger partial charge is 0.163 e. The lowest BCUT2D eigenvalue weighted by Crippen LogP contribution is -2.15. The molecule has 1 aliphatic heterocycles. The molecule has 0 spiro atoms. The van der Waals surface area contributed by atoms with Gasteiger partial charge < -0.3 is 20.2 Å². The molecule has 1 aromatic heterocycles. The SMILES string of the molecule is Cc1cccc(-c2nc3cc4c(cc3[nH]2)OCCO4)c1N. The lowest BCUT2D eigenvalue weighted by atomic mass is 10.1. The first-order valence-corrected chi connectivity index (χ1v) is 6.87. The maximum absolute atomic E-state index is 6.15. The van der Waals surface area contributed by atoms with Crippen LogP contribution >= 0.6 is 0 Å². The first-order valence-electron chi connectivity index (χ1n) is 6.87. The van der Waals surface area contributed by atoms with Gasteiger partial charge in [-0.05, 0) is 18.6 Å². The van der Waals surface area contributed by atoms with Crippen LogP contribution in [0.2, 0.25) is 0 Å². The van der Waals surface area contributed by atoms with Gasteiger partial charge in [0, 0.05) is 23.4 Å². The number of nitrogens with zero attached hydrogens (tertiary/aromatic N) is 1. The second kappa shape index (κ2) is 4.41. The van der Waals surface area contributed by atoms with Gasteiger partial charge in [0.1, 0.15) is 19.0 Å². The Morgan fingerprint density at radius 2 is 1.90 bits per heavy atom. The number of anilines is 1. The van der Waals surface area contributed by atoms with Gasteiger partial charge in [-0.3, -0.25) is 0 Å². The molecule has 0 amide bonds. The average molecular weight is 281 g/mol. The summed E-state index contributed by atoms with van der Waals surface area (Å²) in [5.41, 5.74) is 10.6.